The lowest BCUT2D eigenvalue weighted by atomic mass is 10.2. The smallest absolute Gasteiger partial charge is 0.221 e. The maximum Gasteiger partial charge on any atom is 0.221 e. The highest BCUT2D eigenvalue weighted by Gasteiger charge is 2.22. The molecule has 1 heterocycles. The first kappa shape index (κ1) is 12.9. The molecule has 5 heteroatoms. The summed E-state index contributed by atoms with van der Waals surface area (Å²) in [5, 5.41) is 8.34. The van der Waals surface area contributed by atoms with E-state index in [4.69, 9.17) is 11.6 Å². The predicted molar refractivity (Wildman–Crippen MR) is 71.5 cm³/mol. The van der Waals surface area contributed by atoms with Gasteiger partial charge in [0.25, 0.3) is 0 Å². The molecule has 0 aliphatic heterocycles. The first-order valence-corrected chi connectivity index (χ1v) is 7.17. The Labute approximate surface area is 111 Å². The second-order valence-corrected chi connectivity index (χ2v) is 5.99. The van der Waals surface area contributed by atoms with Gasteiger partial charge in [0, 0.05) is 25.0 Å². The lowest BCUT2D eigenvalue weighted by molar-refractivity contribution is -0.121. The maximum absolute atomic E-state index is 11.4. The van der Waals surface area contributed by atoms with Gasteiger partial charge in [0.2, 0.25) is 5.91 Å². The molecule has 1 amide bonds. The van der Waals surface area contributed by atoms with E-state index in [0.717, 1.165) is 17.2 Å². The largest absolute Gasteiger partial charge is 0.353 e. The van der Waals surface area contributed by atoms with Crippen LogP contribution in [-0.4, -0.2) is 18.5 Å². The minimum atomic E-state index is 0.149. The first-order chi connectivity index (χ1) is 8.15. The molecule has 1 aliphatic rings. The summed E-state index contributed by atoms with van der Waals surface area (Å²) < 4.78 is 0.806. The van der Waals surface area contributed by atoms with E-state index in [-0.39, 0.29) is 11.9 Å². The Bertz CT molecular complexity index is 390. The van der Waals surface area contributed by atoms with Gasteiger partial charge in [-0.15, -0.1) is 11.3 Å². The molecule has 1 unspecified atom stereocenters. The average molecular weight is 273 g/mol. The molecular weight excluding hydrogens is 256 g/mol. The van der Waals surface area contributed by atoms with Gasteiger partial charge in [0.1, 0.15) is 0 Å². The van der Waals surface area contributed by atoms with Crippen molar-refractivity contribution in [1.29, 1.82) is 0 Å². The van der Waals surface area contributed by atoms with Crippen LogP contribution in [0, 0.1) is 0 Å². The van der Waals surface area contributed by atoms with E-state index >= 15 is 0 Å². The van der Waals surface area contributed by atoms with Crippen molar-refractivity contribution in [3.8, 4) is 0 Å². The van der Waals surface area contributed by atoms with Crippen molar-refractivity contribution in [2.75, 3.05) is 6.54 Å². The van der Waals surface area contributed by atoms with Crippen LogP contribution in [0.5, 0.6) is 0 Å². The van der Waals surface area contributed by atoms with E-state index in [1.54, 1.807) is 0 Å². The van der Waals surface area contributed by atoms with Crippen LogP contribution in [0.2, 0.25) is 4.34 Å². The van der Waals surface area contributed by atoms with Gasteiger partial charge in [-0.2, -0.15) is 0 Å². The quantitative estimate of drug-likeness (QED) is 0.836. The van der Waals surface area contributed by atoms with Gasteiger partial charge in [-0.1, -0.05) is 11.6 Å². The third-order valence-electron chi connectivity index (χ3n) is 2.83. The fraction of sp³-hybridized carbons (Fsp3) is 0.583. The highest BCUT2D eigenvalue weighted by molar-refractivity contribution is 7.14. The molecule has 0 saturated heterocycles. The zero-order valence-electron chi connectivity index (χ0n) is 9.83. The summed E-state index contributed by atoms with van der Waals surface area (Å²) in [5.41, 5.74) is 1.18. The van der Waals surface area contributed by atoms with Gasteiger partial charge < -0.3 is 10.6 Å². The molecule has 1 aromatic rings. The number of hydrogen-bond donors (Lipinski definition) is 2. The molecule has 1 saturated carbocycles. The fourth-order valence-corrected chi connectivity index (χ4v) is 2.58. The van der Waals surface area contributed by atoms with Gasteiger partial charge in [0.05, 0.1) is 4.34 Å². The molecule has 1 aliphatic carbocycles. The second-order valence-electron chi connectivity index (χ2n) is 4.45. The van der Waals surface area contributed by atoms with Crippen LogP contribution in [0.3, 0.4) is 0 Å². The molecule has 0 aromatic carbocycles. The third-order valence-corrected chi connectivity index (χ3v) is 3.94. The minimum absolute atomic E-state index is 0.149. The van der Waals surface area contributed by atoms with Gasteiger partial charge >= 0.3 is 0 Å². The zero-order chi connectivity index (χ0) is 12.3. The number of carbonyl (C=O) groups excluding carboxylic acids is 1. The third kappa shape index (κ3) is 4.30. The Kier molecular flexibility index (Phi) is 4.42. The van der Waals surface area contributed by atoms with Crippen LogP contribution in [0.25, 0.3) is 0 Å². The van der Waals surface area contributed by atoms with Crippen molar-refractivity contribution >= 4 is 28.8 Å². The number of thiophene rings is 1. The number of hydrogen-bond acceptors (Lipinski definition) is 3. The lowest BCUT2D eigenvalue weighted by Crippen LogP contribution is -2.29. The monoisotopic (exact) mass is 272 g/mol. The summed E-state index contributed by atoms with van der Waals surface area (Å²) in [6, 6.07) is 2.66. The van der Waals surface area contributed by atoms with Crippen molar-refractivity contribution < 1.29 is 4.79 Å². The molecule has 0 radical (unpaired) electrons. The van der Waals surface area contributed by atoms with Crippen molar-refractivity contribution in [3.05, 3.63) is 21.3 Å². The van der Waals surface area contributed by atoms with Gasteiger partial charge in [0.15, 0.2) is 0 Å². The molecule has 0 spiro atoms. The highest BCUT2D eigenvalue weighted by Crippen LogP contribution is 2.24. The Morgan fingerprint density at radius 3 is 3.00 bits per heavy atom. The van der Waals surface area contributed by atoms with E-state index in [2.05, 4.69) is 17.6 Å². The molecule has 3 nitrogen and oxygen atoms in total. The average Bonchev–Trinajstić information content (AvgIpc) is 2.97. The molecule has 0 bridgehead atoms. The molecule has 2 rings (SSSR count). The lowest BCUT2D eigenvalue weighted by Gasteiger charge is -2.12. The fourth-order valence-electron chi connectivity index (χ4n) is 1.60. The molecule has 17 heavy (non-hydrogen) atoms. The summed E-state index contributed by atoms with van der Waals surface area (Å²) in [4.78, 5) is 11.4. The molecule has 1 fully saturated rings. The zero-order valence-corrected chi connectivity index (χ0v) is 11.4. The van der Waals surface area contributed by atoms with E-state index in [1.807, 2.05) is 11.4 Å². The summed E-state index contributed by atoms with van der Waals surface area (Å²) in [7, 11) is 0. The number of carbonyl (C=O) groups is 1. The molecule has 1 aromatic heterocycles. The number of amides is 1. The Hall–Kier alpha value is -0.580. The highest BCUT2D eigenvalue weighted by atomic mass is 35.5. The van der Waals surface area contributed by atoms with E-state index in [0.29, 0.717) is 19.0 Å². The molecule has 2 N–H and O–H groups in total. The van der Waals surface area contributed by atoms with Crippen molar-refractivity contribution in [2.24, 2.45) is 0 Å². The predicted octanol–water partition coefficient (Wildman–Crippen LogP) is 2.72. The van der Waals surface area contributed by atoms with Crippen molar-refractivity contribution in [3.63, 3.8) is 0 Å². The van der Waals surface area contributed by atoms with Crippen LogP contribution >= 0.6 is 22.9 Å². The van der Waals surface area contributed by atoms with Gasteiger partial charge in [-0.05, 0) is 36.8 Å². The Balaban J connectivity index is 1.65. The second kappa shape index (κ2) is 5.85. The molecule has 94 valence electrons. The minimum Gasteiger partial charge on any atom is -0.353 e. The van der Waals surface area contributed by atoms with Crippen LogP contribution in [0.15, 0.2) is 11.4 Å². The number of halogens is 1. The maximum atomic E-state index is 11.4. The summed E-state index contributed by atoms with van der Waals surface area (Å²) >= 11 is 7.42. The number of nitrogens with one attached hydrogen (secondary N) is 2. The van der Waals surface area contributed by atoms with E-state index < -0.39 is 0 Å². The summed E-state index contributed by atoms with van der Waals surface area (Å²) in [6.45, 7) is 2.78. The van der Waals surface area contributed by atoms with Gasteiger partial charge in [-0.3, -0.25) is 4.79 Å². The normalized spacial score (nSPS) is 16.8. The Morgan fingerprint density at radius 1 is 1.65 bits per heavy atom. The van der Waals surface area contributed by atoms with E-state index in [9.17, 15) is 4.79 Å². The van der Waals surface area contributed by atoms with Crippen LogP contribution in [-0.2, 0) is 4.79 Å². The topological polar surface area (TPSA) is 41.1 Å². The standard InChI is InChI=1S/C12H17ClN2OS/c1-8(9-6-11(13)17-7-9)14-5-4-12(16)15-10-2-3-10/h6-8,10,14H,2-5H2,1H3,(H,15,16). The summed E-state index contributed by atoms with van der Waals surface area (Å²) in [5.74, 6) is 0.149. The van der Waals surface area contributed by atoms with Crippen LogP contribution in [0.4, 0.5) is 0 Å². The van der Waals surface area contributed by atoms with Crippen molar-refractivity contribution in [2.45, 2.75) is 38.3 Å². The summed E-state index contributed by atoms with van der Waals surface area (Å²) in [6.07, 6.45) is 2.82. The molecule has 1 atom stereocenters. The van der Waals surface area contributed by atoms with Crippen LogP contribution in [0.1, 0.15) is 37.8 Å². The Morgan fingerprint density at radius 2 is 2.41 bits per heavy atom. The first-order valence-electron chi connectivity index (χ1n) is 5.92. The van der Waals surface area contributed by atoms with E-state index in [1.165, 1.54) is 16.9 Å². The number of rotatable bonds is 6. The van der Waals surface area contributed by atoms with Crippen LogP contribution < -0.4 is 10.6 Å². The SMILES string of the molecule is CC(NCCC(=O)NC1CC1)c1csc(Cl)c1. The van der Waals surface area contributed by atoms with Gasteiger partial charge in [-0.25, -0.2) is 0 Å². The molecular formula is C12H17ClN2OS. The van der Waals surface area contributed by atoms with Crippen molar-refractivity contribution in [1.82, 2.24) is 10.6 Å².